The van der Waals surface area contributed by atoms with Gasteiger partial charge in [0.1, 0.15) is 23.9 Å². The molecule has 0 N–H and O–H groups in total. The number of aromatic nitrogens is 1. The van der Waals surface area contributed by atoms with E-state index in [0.29, 0.717) is 23.3 Å². The Morgan fingerprint density at radius 2 is 1.86 bits per heavy atom. The summed E-state index contributed by atoms with van der Waals surface area (Å²) in [6, 6.07) is 12.2. The summed E-state index contributed by atoms with van der Waals surface area (Å²) in [5.74, 6) is 0.900. The van der Waals surface area contributed by atoms with E-state index in [4.69, 9.17) is 21.1 Å². The van der Waals surface area contributed by atoms with Crippen LogP contribution >= 0.6 is 11.6 Å². The Morgan fingerprint density at radius 1 is 1.09 bits per heavy atom. The van der Waals surface area contributed by atoms with E-state index in [2.05, 4.69) is 4.98 Å². The van der Waals surface area contributed by atoms with Gasteiger partial charge in [-0.15, -0.1) is 0 Å². The average Bonchev–Trinajstić information content (AvgIpc) is 2.54. The van der Waals surface area contributed by atoms with Crippen LogP contribution in [0.5, 0.6) is 11.5 Å². The number of halogens is 2. The molecule has 0 saturated carbocycles. The summed E-state index contributed by atoms with van der Waals surface area (Å²) in [5.41, 5.74) is 1.63. The molecule has 0 aliphatic rings. The third-order valence-electron chi connectivity index (χ3n) is 3.26. The van der Waals surface area contributed by atoms with Gasteiger partial charge in [-0.05, 0) is 35.9 Å². The van der Waals surface area contributed by atoms with Crippen LogP contribution in [-0.4, -0.2) is 12.1 Å². The molecule has 1 heterocycles. The summed E-state index contributed by atoms with van der Waals surface area (Å²) in [4.78, 5) is 4.23. The van der Waals surface area contributed by atoms with Gasteiger partial charge in [0.05, 0.1) is 23.8 Å². The zero-order valence-corrected chi connectivity index (χ0v) is 12.6. The Balaban J connectivity index is 1.77. The van der Waals surface area contributed by atoms with Crippen molar-refractivity contribution in [3.8, 4) is 11.5 Å². The van der Waals surface area contributed by atoms with Crippen molar-refractivity contribution in [2.45, 2.75) is 6.61 Å². The first-order valence-electron chi connectivity index (χ1n) is 6.66. The van der Waals surface area contributed by atoms with E-state index in [9.17, 15) is 4.39 Å². The van der Waals surface area contributed by atoms with E-state index in [-0.39, 0.29) is 5.02 Å². The number of nitrogens with zero attached hydrogens (tertiary/aromatic N) is 1. The number of benzene rings is 2. The fourth-order valence-electron chi connectivity index (χ4n) is 2.07. The molecule has 0 amide bonds. The fraction of sp³-hybridized carbons (Fsp3) is 0.118. The van der Waals surface area contributed by atoms with Crippen LogP contribution in [0.1, 0.15) is 5.56 Å². The van der Waals surface area contributed by atoms with Gasteiger partial charge in [0.15, 0.2) is 0 Å². The largest absolute Gasteiger partial charge is 0.497 e. The van der Waals surface area contributed by atoms with Gasteiger partial charge in [-0.25, -0.2) is 4.39 Å². The number of methoxy groups -OCH3 is 1. The van der Waals surface area contributed by atoms with Gasteiger partial charge < -0.3 is 9.47 Å². The highest BCUT2D eigenvalue weighted by atomic mass is 35.5. The second-order valence-corrected chi connectivity index (χ2v) is 5.17. The van der Waals surface area contributed by atoms with Crippen LogP contribution in [0.15, 0.2) is 48.7 Å². The third-order valence-corrected chi connectivity index (χ3v) is 3.55. The van der Waals surface area contributed by atoms with E-state index in [0.717, 1.165) is 11.3 Å². The molecule has 0 fully saturated rings. The molecular formula is C17H13ClFNO2. The van der Waals surface area contributed by atoms with Crippen LogP contribution in [0.25, 0.3) is 10.9 Å². The van der Waals surface area contributed by atoms with Crippen molar-refractivity contribution in [3.05, 3.63) is 65.1 Å². The van der Waals surface area contributed by atoms with Crippen molar-refractivity contribution in [3.63, 3.8) is 0 Å². The Bertz CT molecular complexity index is 806. The molecule has 0 atom stereocenters. The molecule has 3 nitrogen and oxygen atoms in total. The molecule has 0 aliphatic carbocycles. The van der Waals surface area contributed by atoms with Crippen LogP contribution in [0.4, 0.5) is 4.39 Å². The number of pyridine rings is 1. The van der Waals surface area contributed by atoms with E-state index in [1.807, 2.05) is 24.3 Å². The Kier molecular flexibility index (Phi) is 4.11. The highest BCUT2D eigenvalue weighted by Crippen LogP contribution is 2.25. The van der Waals surface area contributed by atoms with E-state index in [1.54, 1.807) is 19.4 Å². The second-order valence-electron chi connectivity index (χ2n) is 4.77. The molecule has 3 aromatic rings. The summed E-state index contributed by atoms with van der Waals surface area (Å²) in [7, 11) is 1.62. The highest BCUT2D eigenvalue weighted by molar-refractivity contribution is 6.31. The molecule has 22 heavy (non-hydrogen) atoms. The van der Waals surface area contributed by atoms with Crippen molar-refractivity contribution in [2.75, 3.05) is 7.11 Å². The summed E-state index contributed by atoms with van der Waals surface area (Å²) < 4.78 is 24.3. The van der Waals surface area contributed by atoms with E-state index < -0.39 is 5.82 Å². The standard InChI is InChI=1S/C17H13ClFNO2/c1-21-13-4-2-11(3-5-13)10-22-14-6-12-7-16(19)15(18)8-17(12)20-9-14/h2-9H,10H2,1H3. The van der Waals surface area contributed by atoms with E-state index >= 15 is 0 Å². The molecule has 0 radical (unpaired) electrons. The maximum atomic E-state index is 13.5. The first kappa shape index (κ1) is 14.6. The second kappa shape index (κ2) is 6.20. The molecule has 0 saturated heterocycles. The van der Waals surface area contributed by atoms with Gasteiger partial charge in [0.2, 0.25) is 0 Å². The lowest BCUT2D eigenvalue weighted by molar-refractivity contribution is 0.305. The molecule has 0 spiro atoms. The minimum atomic E-state index is -0.469. The number of hydrogen-bond donors (Lipinski definition) is 0. The highest BCUT2D eigenvalue weighted by Gasteiger charge is 2.05. The lowest BCUT2D eigenvalue weighted by Crippen LogP contribution is -1.96. The predicted molar refractivity (Wildman–Crippen MR) is 84.0 cm³/mol. The minimum Gasteiger partial charge on any atom is -0.497 e. The number of rotatable bonds is 4. The molecule has 3 rings (SSSR count). The number of hydrogen-bond acceptors (Lipinski definition) is 3. The van der Waals surface area contributed by atoms with Crippen LogP contribution in [0.2, 0.25) is 5.02 Å². The molecule has 2 aromatic carbocycles. The summed E-state index contributed by atoms with van der Waals surface area (Å²) in [6.45, 7) is 0.396. The van der Waals surface area contributed by atoms with Crippen LogP contribution in [0, 0.1) is 5.82 Å². The number of fused-ring (bicyclic) bond motifs is 1. The van der Waals surface area contributed by atoms with Gasteiger partial charge in [-0.2, -0.15) is 0 Å². The zero-order chi connectivity index (χ0) is 15.5. The van der Waals surface area contributed by atoms with Gasteiger partial charge in [-0.3, -0.25) is 4.98 Å². The normalized spacial score (nSPS) is 10.7. The third kappa shape index (κ3) is 3.12. The predicted octanol–water partition coefficient (Wildman–Crippen LogP) is 4.61. The molecule has 0 bridgehead atoms. The maximum Gasteiger partial charge on any atom is 0.142 e. The van der Waals surface area contributed by atoms with E-state index in [1.165, 1.54) is 12.1 Å². The summed E-state index contributed by atoms with van der Waals surface area (Å²) in [6.07, 6.45) is 1.60. The maximum absolute atomic E-state index is 13.5. The molecule has 1 aromatic heterocycles. The molecular weight excluding hydrogens is 305 g/mol. The van der Waals surface area contributed by atoms with Crippen molar-refractivity contribution < 1.29 is 13.9 Å². The lowest BCUT2D eigenvalue weighted by Gasteiger charge is -2.08. The van der Waals surface area contributed by atoms with Gasteiger partial charge in [0, 0.05) is 5.39 Å². The minimum absolute atomic E-state index is 0.0619. The zero-order valence-electron chi connectivity index (χ0n) is 11.8. The fourth-order valence-corrected chi connectivity index (χ4v) is 2.23. The van der Waals surface area contributed by atoms with Crippen molar-refractivity contribution in [2.24, 2.45) is 0 Å². The lowest BCUT2D eigenvalue weighted by atomic mass is 10.2. The van der Waals surface area contributed by atoms with Crippen molar-refractivity contribution >= 4 is 22.5 Å². The Labute approximate surface area is 132 Å². The van der Waals surface area contributed by atoms with Gasteiger partial charge in [0.25, 0.3) is 0 Å². The smallest absolute Gasteiger partial charge is 0.142 e. The Morgan fingerprint density at radius 3 is 2.59 bits per heavy atom. The van der Waals surface area contributed by atoms with Gasteiger partial charge >= 0.3 is 0 Å². The number of ether oxygens (including phenoxy) is 2. The van der Waals surface area contributed by atoms with Crippen molar-refractivity contribution in [1.29, 1.82) is 0 Å². The quantitative estimate of drug-likeness (QED) is 0.704. The average molecular weight is 318 g/mol. The molecule has 5 heteroatoms. The molecule has 0 aliphatic heterocycles. The topological polar surface area (TPSA) is 31.4 Å². The van der Waals surface area contributed by atoms with Crippen molar-refractivity contribution in [1.82, 2.24) is 4.98 Å². The first-order valence-corrected chi connectivity index (χ1v) is 7.04. The molecule has 0 unspecified atom stereocenters. The monoisotopic (exact) mass is 317 g/mol. The Hall–Kier alpha value is -2.33. The van der Waals surface area contributed by atoms with Crippen LogP contribution in [-0.2, 0) is 6.61 Å². The molecule has 112 valence electrons. The van der Waals surface area contributed by atoms with Crippen LogP contribution in [0.3, 0.4) is 0 Å². The van der Waals surface area contributed by atoms with Gasteiger partial charge in [-0.1, -0.05) is 23.7 Å². The first-order chi connectivity index (χ1) is 10.7. The SMILES string of the molecule is COc1ccc(COc2cnc3cc(Cl)c(F)cc3c2)cc1. The van der Waals surface area contributed by atoms with Crippen LogP contribution < -0.4 is 9.47 Å². The summed E-state index contributed by atoms with van der Waals surface area (Å²) >= 11 is 5.74. The summed E-state index contributed by atoms with van der Waals surface area (Å²) in [5, 5.41) is 0.709.